The molecule has 0 spiro atoms. The van der Waals surface area contributed by atoms with E-state index in [1.54, 1.807) is 0 Å². The predicted octanol–water partition coefficient (Wildman–Crippen LogP) is 4.84. The number of carbonyl (C=O) groups is 3. The van der Waals surface area contributed by atoms with Crippen molar-refractivity contribution >= 4 is 18.0 Å². The number of hydrogen-bond acceptors (Lipinski definition) is 4. The number of carboxylic acid groups (broad SMARTS) is 1. The van der Waals surface area contributed by atoms with E-state index < -0.39 is 17.6 Å². The summed E-state index contributed by atoms with van der Waals surface area (Å²) in [5.74, 6) is -1.03. The lowest BCUT2D eigenvalue weighted by atomic mass is 9.91. The van der Waals surface area contributed by atoms with Gasteiger partial charge in [-0.3, -0.25) is 9.59 Å². The molecule has 2 amide bonds. The molecule has 186 valence electrons. The Hall–Kier alpha value is -3.35. The monoisotopic (exact) mass is 478 g/mol. The molecule has 0 aromatic heterocycles. The largest absolute Gasteiger partial charge is 0.481 e. The standard InChI is InChI=1S/C28H34N2O5/c1-3-28(4-2,26(33)29-19-14-13-18(15-19)16-25(31)32)30-27(34)35-17-24-22-11-7-5-9-20(22)21-10-6-8-12-23(21)24/h5-12,18-19,24H,3-4,13-17H2,1-2H3,(H,29,33)(H,30,34)(H,31,32)/t18-,19+/m0/s1. The minimum Gasteiger partial charge on any atom is -0.481 e. The number of carboxylic acids is 1. The molecule has 0 bridgehead atoms. The van der Waals surface area contributed by atoms with Gasteiger partial charge in [0.2, 0.25) is 5.91 Å². The van der Waals surface area contributed by atoms with Gasteiger partial charge in [0.15, 0.2) is 0 Å². The molecule has 1 saturated carbocycles. The predicted molar refractivity (Wildman–Crippen MR) is 133 cm³/mol. The van der Waals surface area contributed by atoms with Gasteiger partial charge in [0.1, 0.15) is 12.1 Å². The van der Waals surface area contributed by atoms with E-state index in [1.165, 1.54) is 0 Å². The first-order valence-corrected chi connectivity index (χ1v) is 12.5. The van der Waals surface area contributed by atoms with Crippen LogP contribution in [0.25, 0.3) is 11.1 Å². The lowest BCUT2D eigenvalue weighted by Crippen LogP contribution is -2.59. The summed E-state index contributed by atoms with van der Waals surface area (Å²) in [5, 5.41) is 14.9. The first-order valence-electron chi connectivity index (χ1n) is 12.5. The van der Waals surface area contributed by atoms with Crippen molar-refractivity contribution in [1.82, 2.24) is 10.6 Å². The van der Waals surface area contributed by atoms with Gasteiger partial charge < -0.3 is 20.5 Å². The van der Waals surface area contributed by atoms with E-state index in [1.807, 2.05) is 38.1 Å². The molecule has 2 aliphatic carbocycles. The van der Waals surface area contributed by atoms with E-state index >= 15 is 0 Å². The molecule has 0 aliphatic heterocycles. The first-order chi connectivity index (χ1) is 16.9. The molecular formula is C28H34N2O5. The second kappa shape index (κ2) is 10.5. The first kappa shape index (κ1) is 24.8. The number of carbonyl (C=O) groups excluding carboxylic acids is 2. The molecular weight excluding hydrogens is 444 g/mol. The van der Waals surface area contributed by atoms with Crippen molar-refractivity contribution in [3.63, 3.8) is 0 Å². The minimum atomic E-state index is -1.08. The van der Waals surface area contributed by atoms with Crippen molar-refractivity contribution in [1.29, 1.82) is 0 Å². The number of benzene rings is 2. The van der Waals surface area contributed by atoms with Crippen LogP contribution >= 0.6 is 0 Å². The summed E-state index contributed by atoms with van der Waals surface area (Å²) in [7, 11) is 0. The third-order valence-corrected chi connectivity index (χ3v) is 7.67. The third kappa shape index (κ3) is 5.19. The molecule has 7 heteroatoms. The van der Waals surface area contributed by atoms with Gasteiger partial charge in [0.05, 0.1) is 0 Å². The number of aliphatic carboxylic acids is 1. The van der Waals surface area contributed by atoms with Crippen molar-refractivity contribution in [2.24, 2.45) is 5.92 Å². The second-order valence-corrected chi connectivity index (χ2v) is 9.69. The fourth-order valence-electron chi connectivity index (χ4n) is 5.60. The smallest absolute Gasteiger partial charge is 0.408 e. The van der Waals surface area contributed by atoms with Gasteiger partial charge >= 0.3 is 12.1 Å². The van der Waals surface area contributed by atoms with E-state index in [4.69, 9.17) is 9.84 Å². The molecule has 0 heterocycles. The number of rotatable bonds is 9. The molecule has 0 saturated heterocycles. The van der Waals surface area contributed by atoms with Crippen LogP contribution in [0.4, 0.5) is 4.79 Å². The Bertz CT molecular complexity index is 1050. The number of nitrogens with one attached hydrogen (secondary N) is 2. The Morgan fingerprint density at radius 2 is 1.57 bits per heavy atom. The SMILES string of the molecule is CCC(CC)(NC(=O)OCC1c2ccccc2-c2ccccc21)C(=O)N[C@@H]1CC[C@H](CC(=O)O)C1. The summed E-state index contributed by atoms with van der Waals surface area (Å²) in [6.07, 6.45) is 2.53. The maximum absolute atomic E-state index is 13.2. The number of hydrogen-bond donors (Lipinski definition) is 3. The van der Waals surface area contributed by atoms with Gasteiger partial charge in [-0.1, -0.05) is 62.4 Å². The molecule has 7 nitrogen and oxygen atoms in total. The van der Waals surface area contributed by atoms with Crippen LogP contribution in [-0.4, -0.2) is 41.3 Å². The highest BCUT2D eigenvalue weighted by molar-refractivity contribution is 5.90. The zero-order valence-electron chi connectivity index (χ0n) is 20.4. The Kier molecular flexibility index (Phi) is 7.43. The minimum absolute atomic E-state index is 0.0516. The average Bonchev–Trinajstić information content (AvgIpc) is 3.42. The van der Waals surface area contributed by atoms with Crippen LogP contribution in [0.3, 0.4) is 0 Å². The van der Waals surface area contributed by atoms with E-state index in [0.29, 0.717) is 19.3 Å². The molecule has 0 unspecified atom stereocenters. The molecule has 2 aromatic rings. The van der Waals surface area contributed by atoms with Gasteiger partial charge in [0.25, 0.3) is 0 Å². The van der Waals surface area contributed by atoms with Crippen molar-refractivity contribution < 1.29 is 24.2 Å². The Labute approximate surface area is 206 Å². The highest BCUT2D eigenvalue weighted by Crippen LogP contribution is 2.44. The topological polar surface area (TPSA) is 105 Å². The zero-order chi connectivity index (χ0) is 25.0. The van der Waals surface area contributed by atoms with Crippen LogP contribution in [-0.2, 0) is 14.3 Å². The summed E-state index contributed by atoms with van der Waals surface area (Å²) in [4.78, 5) is 37.1. The maximum atomic E-state index is 13.2. The second-order valence-electron chi connectivity index (χ2n) is 9.69. The van der Waals surface area contributed by atoms with E-state index in [9.17, 15) is 14.4 Å². The molecule has 1 fully saturated rings. The number of ether oxygens (including phenoxy) is 1. The van der Waals surface area contributed by atoms with Gasteiger partial charge in [-0.15, -0.1) is 0 Å². The summed E-state index contributed by atoms with van der Waals surface area (Å²) in [5.41, 5.74) is 3.51. The quantitative estimate of drug-likeness (QED) is 0.478. The van der Waals surface area contributed by atoms with Gasteiger partial charge in [-0.25, -0.2) is 4.79 Å². The highest BCUT2D eigenvalue weighted by atomic mass is 16.5. The summed E-state index contributed by atoms with van der Waals surface area (Å²) >= 11 is 0. The molecule has 2 aliphatic rings. The number of amides is 2. The molecule has 2 atom stereocenters. The molecule has 35 heavy (non-hydrogen) atoms. The summed E-state index contributed by atoms with van der Waals surface area (Å²) in [6, 6.07) is 16.2. The normalized spacial score (nSPS) is 19.0. The fourth-order valence-corrected chi connectivity index (χ4v) is 5.60. The molecule has 0 radical (unpaired) electrons. The zero-order valence-corrected chi connectivity index (χ0v) is 20.4. The molecule has 2 aromatic carbocycles. The Balaban J connectivity index is 1.38. The van der Waals surface area contributed by atoms with Crippen LogP contribution in [0.5, 0.6) is 0 Å². The van der Waals surface area contributed by atoms with Crippen LogP contribution < -0.4 is 10.6 Å². The van der Waals surface area contributed by atoms with E-state index in [0.717, 1.165) is 35.1 Å². The third-order valence-electron chi connectivity index (χ3n) is 7.67. The van der Waals surface area contributed by atoms with E-state index in [2.05, 4.69) is 34.9 Å². The van der Waals surface area contributed by atoms with Crippen LogP contribution in [0.1, 0.15) is 69.4 Å². The lowest BCUT2D eigenvalue weighted by Gasteiger charge is -2.32. The lowest BCUT2D eigenvalue weighted by molar-refractivity contribution is -0.138. The maximum Gasteiger partial charge on any atom is 0.408 e. The highest BCUT2D eigenvalue weighted by Gasteiger charge is 2.40. The van der Waals surface area contributed by atoms with Crippen molar-refractivity contribution in [2.45, 2.75) is 69.9 Å². The van der Waals surface area contributed by atoms with Crippen molar-refractivity contribution in [3.8, 4) is 11.1 Å². The van der Waals surface area contributed by atoms with Gasteiger partial charge in [-0.05, 0) is 60.3 Å². The van der Waals surface area contributed by atoms with Crippen molar-refractivity contribution in [3.05, 3.63) is 59.7 Å². The number of alkyl carbamates (subject to hydrolysis) is 1. The number of fused-ring (bicyclic) bond motifs is 3. The summed E-state index contributed by atoms with van der Waals surface area (Å²) < 4.78 is 5.68. The fraction of sp³-hybridized carbons (Fsp3) is 0.464. The Morgan fingerprint density at radius 1 is 0.971 bits per heavy atom. The van der Waals surface area contributed by atoms with Crippen molar-refractivity contribution in [2.75, 3.05) is 6.61 Å². The van der Waals surface area contributed by atoms with E-state index in [-0.39, 0.29) is 36.8 Å². The average molecular weight is 479 g/mol. The summed E-state index contributed by atoms with van der Waals surface area (Å²) in [6.45, 7) is 3.92. The molecule has 3 N–H and O–H groups in total. The van der Waals surface area contributed by atoms with Crippen LogP contribution in [0.15, 0.2) is 48.5 Å². The Morgan fingerprint density at radius 3 is 2.14 bits per heavy atom. The van der Waals surface area contributed by atoms with Gasteiger partial charge in [-0.2, -0.15) is 0 Å². The van der Waals surface area contributed by atoms with Gasteiger partial charge in [0, 0.05) is 18.4 Å². The van der Waals surface area contributed by atoms with Crippen LogP contribution in [0.2, 0.25) is 0 Å². The molecule has 4 rings (SSSR count). The van der Waals surface area contributed by atoms with Crippen LogP contribution in [0, 0.1) is 5.92 Å².